The van der Waals surface area contributed by atoms with Crippen LogP contribution in [-0.4, -0.2) is 17.4 Å². The highest BCUT2D eigenvalue weighted by molar-refractivity contribution is 5.88. The lowest BCUT2D eigenvalue weighted by molar-refractivity contribution is -0.121. The summed E-state index contributed by atoms with van der Waals surface area (Å²) in [5, 5.41) is 4.02. The first-order valence-corrected chi connectivity index (χ1v) is 9.61. The van der Waals surface area contributed by atoms with Crippen LogP contribution in [0.1, 0.15) is 49.8 Å². The maximum atomic E-state index is 14.6. The number of rotatable bonds is 7. The summed E-state index contributed by atoms with van der Waals surface area (Å²) in [6.45, 7) is 6.85. The van der Waals surface area contributed by atoms with Crippen LogP contribution in [0.4, 0.5) is 4.39 Å². The van der Waals surface area contributed by atoms with Crippen LogP contribution in [0.5, 0.6) is 0 Å². The third kappa shape index (κ3) is 4.21. The molecule has 0 aliphatic heterocycles. The lowest BCUT2D eigenvalue weighted by Crippen LogP contribution is -2.29. The van der Waals surface area contributed by atoms with E-state index in [1.54, 1.807) is 12.1 Å². The summed E-state index contributed by atoms with van der Waals surface area (Å²) in [5.74, 6) is -0.293. The number of aromatic nitrogens is 1. The van der Waals surface area contributed by atoms with Gasteiger partial charge in [-0.3, -0.25) is 4.79 Å². The van der Waals surface area contributed by atoms with E-state index in [-0.39, 0.29) is 24.1 Å². The van der Waals surface area contributed by atoms with Gasteiger partial charge < -0.3 is 10.3 Å². The zero-order valence-electron chi connectivity index (χ0n) is 16.2. The molecule has 0 aliphatic carbocycles. The van der Waals surface area contributed by atoms with E-state index in [9.17, 15) is 9.18 Å². The number of hydrogen-bond acceptors (Lipinski definition) is 1. The average Bonchev–Trinajstić information content (AvgIpc) is 3.09. The molecule has 2 N–H and O–H groups in total. The number of nitrogens with one attached hydrogen (secondary N) is 2. The summed E-state index contributed by atoms with van der Waals surface area (Å²) in [6, 6.07) is 12.9. The number of carbonyl (C=O) groups excluding carboxylic acids is 1. The highest BCUT2D eigenvalue weighted by atomic mass is 19.1. The number of benzene rings is 2. The smallest absolute Gasteiger partial charge is 0.220 e. The van der Waals surface area contributed by atoms with Crippen LogP contribution in [0, 0.1) is 11.7 Å². The van der Waals surface area contributed by atoms with Gasteiger partial charge in [0.2, 0.25) is 5.91 Å². The predicted octanol–water partition coefficient (Wildman–Crippen LogP) is 5.16. The van der Waals surface area contributed by atoms with E-state index in [0.29, 0.717) is 18.0 Å². The van der Waals surface area contributed by atoms with Crippen LogP contribution in [0.2, 0.25) is 0 Å². The Morgan fingerprint density at radius 3 is 2.59 bits per heavy atom. The van der Waals surface area contributed by atoms with Gasteiger partial charge in [0.1, 0.15) is 5.82 Å². The van der Waals surface area contributed by atoms with Crippen molar-refractivity contribution in [2.45, 2.75) is 39.5 Å². The molecule has 0 radical (unpaired) electrons. The minimum atomic E-state index is -0.334. The molecule has 3 nitrogen and oxygen atoms in total. The minimum Gasteiger partial charge on any atom is -0.361 e. The topological polar surface area (TPSA) is 44.9 Å². The zero-order chi connectivity index (χ0) is 19.4. The fraction of sp³-hybridized carbons (Fsp3) is 0.348. The normalized spacial score (nSPS) is 12.5. The van der Waals surface area contributed by atoms with Crippen molar-refractivity contribution in [3.05, 3.63) is 71.2 Å². The van der Waals surface area contributed by atoms with Gasteiger partial charge in [-0.1, -0.05) is 57.2 Å². The number of hydrogen-bond donors (Lipinski definition) is 2. The van der Waals surface area contributed by atoms with Gasteiger partial charge >= 0.3 is 0 Å². The van der Waals surface area contributed by atoms with Crippen molar-refractivity contribution >= 4 is 16.8 Å². The Bertz CT molecular complexity index is 929. The Morgan fingerprint density at radius 2 is 1.89 bits per heavy atom. The van der Waals surface area contributed by atoms with E-state index in [1.807, 2.05) is 24.4 Å². The van der Waals surface area contributed by atoms with Crippen molar-refractivity contribution in [1.82, 2.24) is 10.3 Å². The molecule has 0 bridgehead atoms. The van der Waals surface area contributed by atoms with Gasteiger partial charge in [-0.05, 0) is 35.1 Å². The highest BCUT2D eigenvalue weighted by Crippen LogP contribution is 2.35. The molecule has 3 aromatic rings. The van der Waals surface area contributed by atoms with E-state index in [4.69, 9.17) is 0 Å². The third-order valence-corrected chi connectivity index (χ3v) is 4.97. The van der Waals surface area contributed by atoms with Crippen LogP contribution >= 0.6 is 0 Å². The second-order valence-electron chi connectivity index (χ2n) is 7.41. The summed E-state index contributed by atoms with van der Waals surface area (Å²) in [5.41, 5.74) is 3.80. The summed E-state index contributed by atoms with van der Waals surface area (Å²) in [7, 11) is 0. The summed E-state index contributed by atoms with van der Waals surface area (Å²) < 4.78 is 14.6. The first kappa shape index (κ1) is 19.2. The van der Waals surface area contributed by atoms with Crippen molar-refractivity contribution in [3.63, 3.8) is 0 Å². The standard InChI is InChI=1S/C23H27FN2O/c1-4-16-8-7-10-18-20(14-26-23(16)18)19(12-22(27)25-13-15(2)3)17-9-5-6-11-21(17)24/h5-11,14-15,19,26H,4,12-13H2,1-3H3,(H,25,27). The molecule has 2 aromatic carbocycles. The Morgan fingerprint density at radius 1 is 1.11 bits per heavy atom. The van der Waals surface area contributed by atoms with Crippen LogP contribution in [0.25, 0.3) is 10.9 Å². The Labute approximate surface area is 160 Å². The van der Waals surface area contributed by atoms with Gasteiger partial charge in [0.05, 0.1) is 0 Å². The molecule has 0 saturated carbocycles. The summed E-state index contributed by atoms with van der Waals surface area (Å²) in [4.78, 5) is 15.9. The molecule has 3 rings (SSSR count). The number of aryl methyl sites for hydroxylation is 1. The highest BCUT2D eigenvalue weighted by Gasteiger charge is 2.24. The minimum absolute atomic E-state index is 0.0575. The van der Waals surface area contributed by atoms with Crippen molar-refractivity contribution in [2.75, 3.05) is 6.54 Å². The predicted molar refractivity (Wildman–Crippen MR) is 108 cm³/mol. The zero-order valence-corrected chi connectivity index (χ0v) is 16.2. The van der Waals surface area contributed by atoms with Gasteiger partial charge in [-0.2, -0.15) is 0 Å². The number of aromatic amines is 1. The molecule has 0 saturated heterocycles. The third-order valence-electron chi connectivity index (χ3n) is 4.97. The molecule has 0 aliphatic rings. The van der Waals surface area contributed by atoms with Gasteiger partial charge in [-0.25, -0.2) is 4.39 Å². The molecule has 27 heavy (non-hydrogen) atoms. The van der Waals surface area contributed by atoms with Crippen LogP contribution in [0.15, 0.2) is 48.7 Å². The van der Waals surface area contributed by atoms with Crippen molar-refractivity contribution in [2.24, 2.45) is 5.92 Å². The Kier molecular flexibility index (Phi) is 5.94. The molecule has 1 atom stereocenters. The number of para-hydroxylation sites is 1. The van der Waals surface area contributed by atoms with Crippen LogP contribution in [-0.2, 0) is 11.2 Å². The molecule has 1 amide bonds. The first-order valence-electron chi connectivity index (χ1n) is 9.61. The fourth-order valence-corrected chi connectivity index (χ4v) is 3.54. The number of H-pyrrole nitrogens is 1. The second-order valence-corrected chi connectivity index (χ2v) is 7.41. The molecule has 1 unspecified atom stereocenters. The number of carbonyl (C=O) groups is 1. The molecule has 142 valence electrons. The molecular weight excluding hydrogens is 339 g/mol. The van der Waals surface area contributed by atoms with E-state index in [1.165, 1.54) is 11.6 Å². The lowest BCUT2D eigenvalue weighted by atomic mass is 9.87. The van der Waals surface area contributed by atoms with E-state index in [0.717, 1.165) is 22.9 Å². The van der Waals surface area contributed by atoms with E-state index in [2.05, 4.69) is 37.1 Å². The van der Waals surface area contributed by atoms with Gasteiger partial charge in [0, 0.05) is 36.0 Å². The SMILES string of the molecule is CCc1cccc2c(C(CC(=O)NCC(C)C)c3ccccc3F)c[nH]c12. The maximum Gasteiger partial charge on any atom is 0.220 e. The Hall–Kier alpha value is -2.62. The number of amides is 1. The summed E-state index contributed by atoms with van der Waals surface area (Å²) in [6.07, 6.45) is 3.06. The molecule has 0 spiro atoms. The quantitative estimate of drug-likeness (QED) is 0.596. The van der Waals surface area contributed by atoms with E-state index < -0.39 is 0 Å². The molecule has 1 heterocycles. The van der Waals surface area contributed by atoms with Crippen molar-refractivity contribution in [3.8, 4) is 0 Å². The van der Waals surface area contributed by atoms with Gasteiger partial charge in [-0.15, -0.1) is 0 Å². The van der Waals surface area contributed by atoms with Crippen LogP contribution < -0.4 is 5.32 Å². The molecular formula is C23H27FN2O. The molecule has 4 heteroatoms. The largest absolute Gasteiger partial charge is 0.361 e. The second kappa shape index (κ2) is 8.38. The van der Waals surface area contributed by atoms with Gasteiger partial charge in [0.15, 0.2) is 0 Å². The fourth-order valence-electron chi connectivity index (χ4n) is 3.54. The molecule has 1 aromatic heterocycles. The first-order chi connectivity index (χ1) is 13.0. The molecule has 0 fully saturated rings. The van der Waals surface area contributed by atoms with E-state index >= 15 is 0 Å². The number of halogens is 1. The average molecular weight is 366 g/mol. The van der Waals surface area contributed by atoms with Gasteiger partial charge in [0.25, 0.3) is 0 Å². The maximum absolute atomic E-state index is 14.6. The monoisotopic (exact) mass is 366 g/mol. The summed E-state index contributed by atoms with van der Waals surface area (Å²) >= 11 is 0. The number of fused-ring (bicyclic) bond motifs is 1. The Balaban J connectivity index is 2.03. The lowest BCUT2D eigenvalue weighted by Gasteiger charge is -2.18. The van der Waals surface area contributed by atoms with Crippen LogP contribution in [0.3, 0.4) is 0 Å². The van der Waals surface area contributed by atoms with Crippen molar-refractivity contribution < 1.29 is 9.18 Å². The van der Waals surface area contributed by atoms with Crippen molar-refractivity contribution in [1.29, 1.82) is 0 Å².